The topological polar surface area (TPSA) is 67.2 Å². The van der Waals surface area contributed by atoms with Crippen molar-refractivity contribution in [1.29, 1.82) is 0 Å². The van der Waals surface area contributed by atoms with Gasteiger partial charge in [-0.05, 0) is 34.9 Å². The van der Waals surface area contributed by atoms with Crippen LogP contribution >= 0.6 is 11.3 Å². The number of rotatable bonds is 2. The molecule has 0 bridgehead atoms. The van der Waals surface area contributed by atoms with E-state index in [0.717, 1.165) is 16.6 Å². The molecule has 1 aliphatic rings. The van der Waals surface area contributed by atoms with Gasteiger partial charge in [0.25, 0.3) is 5.91 Å². The molecule has 0 spiro atoms. The molecule has 1 aliphatic heterocycles. The Balaban J connectivity index is 1.81. The van der Waals surface area contributed by atoms with E-state index in [4.69, 9.17) is 0 Å². The summed E-state index contributed by atoms with van der Waals surface area (Å²) in [6, 6.07) is 3.75. The Morgan fingerprint density at radius 1 is 1.12 bits per heavy atom. The van der Waals surface area contributed by atoms with Crippen molar-refractivity contribution in [2.45, 2.75) is 13.3 Å². The molecular weight excluding hydrogens is 320 g/mol. The third kappa shape index (κ3) is 2.51. The molecule has 2 aromatic heterocycles. The number of nitrogens with zero attached hydrogens (tertiary/aromatic N) is 3. The predicted octanol–water partition coefficient (Wildman–Crippen LogP) is 3.71. The van der Waals surface area contributed by atoms with Crippen LogP contribution in [0.5, 0.6) is 0 Å². The van der Waals surface area contributed by atoms with E-state index >= 15 is 0 Å². The molecule has 0 radical (unpaired) electrons. The Labute approximate surface area is 142 Å². The summed E-state index contributed by atoms with van der Waals surface area (Å²) in [7, 11) is 0. The summed E-state index contributed by atoms with van der Waals surface area (Å²) in [5.41, 5.74) is 5.15. The van der Waals surface area contributed by atoms with Crippen LogP contribution in [0.4, 0.5) is 0 Å². The van der Waals surface area contributed by atoms with Gasteiger partial charge in [-0.15, -0.1) is 0 Å². The minimum atomic E-state index is -0.212. The van der Waals surface area contributed by atoms with E-state index in [1.54, 1.807) is 29.9 Å². The fourth-order valence-electron chi connectivity index (χ4n) is 2.74. The van der Waals surface area contributed by atoms with Gasteiger partial charge in [0, 0.05) is 30.6 Å². The van der Waals surface area contributed by atoms with Crippen LogP contribution in [0.15, 0.2) is 52.6 Å². The van der Waals surface area contributed by atoms with Crippen LogP contribution in [-0.2, 0) is 0 Å². The zero-order valence-corrected chi connectivity index (χ0v) is 13.8. The van der Waals surface area contributed by atoms with Crippen molar-refractivity contribution in [3.63, 3.8) is 0 Å². The van der Waals surface area contributed by atoms with Gasteiger partial charge in [0.1, 0.15) is 11.4 Å². The van der Waals surface area contributed by atoms with E-state index in [1.807, 2.05) is 18.2 Å². The fraction of sp³-hybridized carbons (Fsp3) is 0.111. The van der Waals surface area contributed by atoms with Crippen molar-refractivity contribution in [2.75, 3.05) is 0 Å². The van der Waals surface area contributed by atoms with Gasteiger partial charge in [-0.1, -0.05) is 12.1 Å². The number of amidine groups is 1. The average Bonchev–Trinajstić information content (AvgIpc) is 3.25. The number of aromatic nitrogens is 2. The lowest BCUT2D eigenvalue weighted by atomic mass is 10.0. The molecule has 0 fully saturated rings. The predicted molar refractivity (Wildman–Crippen MR) is 96.2 cm³/mol. The molecule has 0 unspecified atom stereocenters. The van der Waals surface area contributed by atoms with Gasteiger partial charge in [-0.3, -0.25) is 14.8 Å². The molecule has 4 rings (SSSR count). The van der Waals surface area contributed by atoms with Gasteiger partial charge in [0.05, 0.1) is 11.1 Å². The van der Waals surface area contributed by atoms with Crippen LogP contribution < -0.4 is 5.32 Å². The van der Waals surface area contributed by atoms with Crippen LogP contribution in [0.1, 0.15) is 22.3 Å². The summed E-state index contributed by atoms with van der Waals surface area (Å²) >= 11 is 1.65. The molecule has 3 heterocycles. The maximum Gasteiger partial charge on any atom is 0.258 e. The van der Waals surface area contributed by atoms with Crippen LogP contribution in [0.25, 0.3) is 22.2 Å². The summed E-state index contributed by atoms with van der Waals surface area (Å²) in [4.78, 5) is 25.6. The molecule has 5 nitrogen and oxygen atoms in total. The molecule has 0 saturated heterocycles. The number of fused-ring (bicyclic) bond motifs is 1. The SMILES string of the molecule is Cc1cscc1-c1ccc(C(=O)NC2=NC=CC2)c2nccnc12. The Kier molecular flexibility index (Phi) is 3.66. The third-order valence-corrected chi connectivity index (χ3v) is 4.78. The number of amides is 1. The highest BCUT2D eigenvalue weighted by Gasteiger charge is 2.17. The molecule has 1 aromatic carbocycles. The van der Waals surface area contributed by atoms with E-state index in [1.165, 1.54) is 5.56 Å². The number of carbonyl (C=O) groups is 1. The molecule has 0 saturated carbocycles. The molecule has 118 valence electrons. The summed E-state index contributed by atoms with van der Waals surface area (Å²) in [6.45, 7) is 2.07. The molecule has 1 N–H and O–H groups in total. The second-order valence-corrected chi connectivity index (χ2v) is 6.25. The molecule has 1 amide bonds. The van der Waals surface area contributed by atoms with Crippen molar-refractivity contribution >= 4 is 34.1 Å². The van der Waals surface area contributed by atoms with E-state index in [2.05, 4.69) is 38.0 Å². The molecular formula is C18H14N4OS. The number of hydrogen-bond acceptors (Lipinski definition) is 5. The molecule has 0 aliphatic carbocycles. The first-order chi connectivity index (χ1) is 11.7. The number of thiophene rings is 1. The van der Waals surface area contributed by atoms with Gasteiger partial charge in [-0.25, -0.2) is 4.99 Å². The van der Waals surface area contributed by atoms with Crippen molar-refractivity contribution in [1.82, 2.24) is 15.3 Å². The summed E-state index contributed by atoms with van der Waals surface area (Å²) in [5.74, 6) is 0.436. The van der Waals surface area contributed by atoms with Gasteiger partial charge in [-0.2, -0.15) is 11.3 Å². The molecule has 3 aromatic rings. The molecule has 24 heavy (non-hydrogen) atoms. The largest absolute Gasteiger partial charge is 0.310 e. The number of aliphatic imine (C=N–C) groups is 1. The fourth-order valence-corrected chi connectivity index (χ4v) is 3.58. The zero-order chi connectivity index (χ0) is 16.5. The number of nitrogens with one attached hydrogen (secondary N) is 1. The third-order valence-electron chi connectivity index (χ3n) is 3.92. The van der Waals surface area contributed by atoms with Gasteiger partial charge in [0.2, 0.25) is 0 Å². The van der Waals surface area contributed by atoms with E-state index in [0.29, 0.717) is 23.3 Å². The lowest BCUT2D eigenvalue weighted by Gasteiger charge is -2.10. The molecule has 0 atom stereocenters. The summed E-state index contributed by atoms with van der Waals surface area (Å²) in [6.07, 6.45) is 7.49. The average molecular weight is 334 g/mol. The quantitative estimate of drug-likeness (QED) is 0.777. The van der Waals surface area contributed by atoms with Crippen LogP contribution in [-0.4, -0.2) is 21.7 Å². The molecule has 6 heteroatoms. The van der Waals surface area contributed by atoms with Crippen LogP contribution in [0.3, 0.4) is 0 Å². The van der Waals surface area contributed by atoms with E-state index in [-0.39, 0.29) is 5.91 Å². The second-order valence-electron chi connectivity index (χ2n) is 5.50. The first kappa shape index (κ1) is 14.7. The number of benzene rings is 1. The van der Waals surface area contributed by atoms with Gasteiger partial charge in [0.15, 0.2) is 0 Å². The Morgan fingerprint density at radius 2 is 1.96 bits per heavy atom. The van der Waals surface area contributed by atoms with Crippen LogP contribution in [0, 0.1) is 6.92 Å². The highest BCUT2D eigenvalue weighted by molar-refractivity contribution is 7.08. The first-order valence-electron chi connectivity index (χ1n) is 7.54. The summed E-state index contributed by atoms with van der Waals surface area (Å²) < 4.78 is 0. The number of hydrogen-bond donors (Lipinski definition) is 1. The number of carbonyl (C=O) groups excluding carboxylic acids is 1. The normalized spacial score (nSPS) is 13.3. The minimum Gasteiger partial charge on any atom is -0.310 e. The zero-order valence-electron chi connectivity index (χ0n) is 13.0. The second kappa shape index (κ2) is 5.98. The summed E-state index contributed by atoms with van der Waals surface area (Å²) in [5, 5.41) is 7.03. The van der Waals surface area contributed by atoms with Crippen molar-refractivity contribution in [3.8, 4) is 11.1 Å². The maximum absolute atomic E-state index is 12.6. The van der Waals surface area contributed by atoms with Crippen molar-refractivity contribution in [2.24, 2.45) is 4.99 Å². The lowest BCUT2D eigenvalue weighted by Crippen LogP contribution is -2.29. The minimum absolute atomic E-state index is 0.212. The highest BCUT2D eigenvalue weighted by atomic mass is 32.1. The van der Waals surface area contributed by atoms with Gasteiger partial charge < -0.3 is 5.32 Å². The van der Waals surface area contributed by atoms with E-state index in [9.17, 15) is 4.79 Å². The lowest BCUT2D eigenvalue weighted by molar-refractivity contribution is 0.0978. The Morgan fingerprint density at radius 3 is 2.67 bits per heavy atom. The maximum atomic E-state index is 12.6. The van der Waals surface area contributed by atoms with Crippen molar-refractivity contribution in [3.05, 3.63) is 58.7 Å². The highest BCUT2D eigenvalue weighted by Crippen LogP contribution is 2.32. The van der Waals surface area contributed by atoms with Crippen LogP contribution in [0.2, 0.25) is 0 Å². The van der Waals surface area contributed by atoms with Crippen molar-refractivity contribution < 1.29 is 4.79 Å². The van der Waals surface area contributed by atoms with E-state index < -0.39 is 0 Å². The standard InChI is InChI=1S/C18H14N4OS/c1-11-9-24-10-14(11)12-4-5-13(17-16(12)20-7-8-21-17)18(23)22-15-3-2-6-19-15/h2,4-10H,3H2,1H3,(H,19,22,23). The monoisotopic (exact) mass is 334 g/mol. The number of aryl methyl sites for hydroxylation is 1. The smallest absolute Gasteiger partial charge is 0.258 e. The Bertz CT molecular complexity index is 1000. The van der Waals surface area contributed by atoms with Gasteiger partial charge >= 0.3 is 0 Å². The Hall–Kier alpha value is -2.86. The first-order valence-corrected chi connectivity index (χ1v) is 8.48.